The van der Waals surface area contributed by atoms with E-state index in [1.807, 2.05) is 0 Å². The Kier molecular flexibility index (Phi) is 5.31. The Bertz CT molecular complexity index is 1210. The summed E-state index contributed by atoms with van der Waals surface area (Å²) in [5, 5.41) is 3.04. The molecule has 0 aliphatic heterocycles. The molecule has 0 spiro atoms. The summed E-state index contributed by atoms with van der Waals surface area (Å²) >= 11 is 0. The normalized spacial score (nSPS) is 10.8. The van der Waals surface area contributed by atoms with E-state index in [2.05, 4.69) is 26.8 Å². The standard InChI is InChI=1S/C20H21N5O4/c1-6-29-20(28)14-11(4)23-17-15(14)16(21-9-22-17)12-7-13(19(27)25(5)8-12)24-18(26)10(2)3/h7-9H,2,6H2,1,3-5H3,(H,24,26)(H,21,22,23). The first-order chi connectivity index (χ1) is 13.7. The number of hydrogen-bond acceptors (Lipinski definition) is 6. The maximum absolute atomic E-state index is 12.5. The molecule has 9 heteroatoms. The van der Waals surface area contributed by atoms with Crippen LogP contribution in [-0.2, 0) is 16.6 Å². The third-order valence-corrected chi connectivity index (χ3v) is 4.35. The van der Waals surface area contributed by atoms with Gasteiger partial charge in [0.05, 0.1) is 23.3 Å². The number of carbonyl (C=O) groups is 2. The Morgan fingerprint density at radius 3 is 2.72 bits per heavy atom. The molecule has 2 N–H and O–H groups in total. The Morgan fingerprint density at radius 2 is 2.07 bits per heavy atom. The number of nitrogens with zero attached hydrogens (tertiary/aromatic N) is 3. The number of hydrogen-bond donors (Lipinski definition) is 2. The summed E-state index contributed by atoms with van der Waals surface area (Å²) in [5.74, 6) is -0.954. The lowest BCUT2D eigenvalue weighted by Gasteiger charge is -2.11. The van der Waals surface area contributed by atoms with E-state index >= 15 is 0 Å². The zero-order chi connectivity index (χ0) is 21.3. The first kappa shape index (κ1) is 20.0. The Morgan fingerprint density at radius 1 is 1.34 bits per heavy atom. The van der Waals surface area contributed by atoms with Gasteiger partial charge in [0.2, 0.25) is 0 Å². The van der Waals surface area contributed by atoms with Gasteiger partial charge in [0.25, 0.3) is 11.5 Å². The van der Waals surface area contributed by atoms with Crippen LogP contribution in [0.5, 0.6) is 0 Å². The van der Waals surface area contributed by atoms with Gasteiger partial charge in [-0.15, -0.1) is 0 Å². The van der Waals surface area contributed by atoms with E-state index in [-0.39, 0.29) is 23.4 Å². The number of fused-ring (bicyclic) bond motifs is 1. The maximum atomic E-state index is 12.5. The minimum absolute atomic E-state index is 0.0784. The summed E-state index contributed by atoms with van der Waals surface area (Å²) in [4.78, 5) is 48.6. The summed E-state index contributed by atoms with van der Waals surface area (Å²) in [7, 11) is 1.56. The molecule has 0 bridgehead atoms. The number of aromatic nitrogens is 4. The molecular formula is C20H21N5O4. The van der Waals surface area contributed by atoms with E-state index in [0.29, 0.717) is 33.5 Å². The summed E-state index contributed by atoms with van der Waals surface area (Å²) in [5.41, 5.74) is 2.33. The highest BCUT2D eigenvalue weighted by Crippen LogP contribution is 2.31. The highest BCUT2D eigenvalue weighted by Gasteiger charge is 2.23. The molecule has 150 valence electrons. The van der Waals surface area contributed by atoms with Gasteiger partial charge in [0, 0.05) is 30.1 Å². The van der Waals surface area contributed by atoms with E-state index in [0.717, 1.165) is 0 Å². The van der Waals surface area contributed by atoms with Crippen molar-refractivity contribution in [3.63, 3.8) is 0 Å². The van der Waals surface area contributed by atoms with Gasteiger partial charge in [0.15, 0.2) is 0 Å². The van der Waals surface area contributed by atoms with Crippen molar-refractivity contribution in [2.24, 2.45) is 7.05 Å². The molecule has 29 heavy (non-hydrogen) atoms. The molecule has 9 nitrogen and oxygen atoms in total. The van der Waals surface area contributed by atoms with Gasteiger partial charge in [-0.25, -0.2) is 14.8 Å². The first-order valence-corrected chi connectivity index (χ1v) is 8.92. The van der Waals surface area contributed by atoms with E-state index < -0.39 is 11.9 Å². The molecule has 0 radical (unpaired) electrons. The van der Waals surface area contributed by atoms with Crippen LogP contribution >= 0.6 is 0 Å². The van der Waals surface area contributed by atoms with Gasteiger partial charge < -0.3 is 19.6 Å². The molecule has 3 aromatic heterocycles. The quantitative estimate of drug-likeness (QED) is 0.505. The largest absolute Gasteiger partial charge is 0.462 e. The number of amides is 1. The highest BCUT2D eigenvalue weighted by atomic mass is 16.5. The van der Waals surface area contributed by atoms with Crippen molar-refractivity contribution in [3.05, 3.63) is 52.4 Å². The van der Waals surface area contributed by atoms with Gasteiger partial charge in [-0.3, -0.25) is 9.59 Å². The molecule has 3 rings (SSSR count). The number of nitrogens with one attached hydrogen (secondary N) is 2. The number of rotatable bonds is 5. The van der Waals surface area contributed by atoms with Gasteiger partial charge >= 0.3 is 5.97 Å². The first-order valence-electron chi connectivity index (χ1n) is 8.92. The minimum atomic E-state index is -0.493. The average Bonchev–Trinajstić information content (AvgIpc) is 3.01. The average molecular weight is 395 g/mol. The summed E-state index contributed by atoms with van der Waals surface area (Å²) in [6.07, 6.45) is 2.94. The molecular weight excluding hydrogens is 374 g/mol. The zero-order valence-electron chi connectivity index (χ0n) is 16.6. The predicted molar refractivity (Wildman–Crippen MR) is 109 cm³/mol. The lowest BCUT2D eigenvalue weighted by Crippen LogP contribution is -2.24. The lowest BCUT2D eigenvalue weighted by molar-refractivity contribution is -0.112. The minimum Gasteiger partial charge on any atom is -0.462 e. The third kappa shape index (κ3) is 3.66. The van der Waals surface area contributed by atoms with Crippen LogP contribution in [-0.4, -0.2) is 38.0 Å². The van der Waals surface area contributed by atoms with Crippen molar-refractivity contribution in [2.45, 2.75) is 20.8 Å². The molecule has 0 saturated heterocycles. The van der Waals surface area contributed by atoms with Crippen molar-refractivity contribution >= 4 is 28.6 Å². The zero-order valence-corrected chi connectivity index (χ0v) is 16.6. The molecule has 0 aliphatic carbocycles. The van der Waals surface area contributed by atoms with Crippen LogP contribution in [0, 0.1) is 6.92 Å². The molecule has 0 atom stereocenters. The Balaban J connectivity index is 2.25. The van der Waals surface area contributed by atoms with Crippen LogP contribution in [0.15, 0.2) is 35.5 Å². The fraction of sp³-hybridized carbons (Fsp3) is 0.250. The molecule has 0 fully saturated rings. The summed E-state index contributed by atoms with van der Waals surface area (Å²) in [6, 6.07) is 1.52. The monoisotopic (exact) mass is 395 g/mol. The third-order valence-electron chi connectivity index (χ3n) is 4.35. The second-order valence-electron chi connectivity index (χ2n) is 6.58. The molecule has 3 aromatic rings. The fourth-order valence-corrected chi connectivity index (χ4v) is 2.98. The number of anilines is 1. The fourth-order valence-electron chi connectivity index (χ4n) is 2.98. The number of carbonyl (C=O) groups excluding carboxylic acids is 2. The summed E-state index contributed by atoms with van der Waals surface area (Å²) < 4.78 is 6.51. The van der Waals surface area contributed by atoms with Crippen LogP contribution in [0.3, 0.4) is 0 Å². The lowest BCUT2D eigenvalue weighted by atomic mass is 10.1. The van der Waals surface area contributed by atoms with E-state index in [4.69, 9.17) is 4.74 Å². The molecule has 0 saturated carbocycles. The number of H-pyrrole nitrogens is 1. The van der Waals surface area contributed by atoms with Crippen molar-refractivity contribution < 1.29 is 14.3 Å². The Hall–Kier alpha value is -3.75. The topological polar surface area (TPSA) is 119 Å². The Labute approximate surface area is 166 Å². The van der Waals surface area contributed by atoms with Crippen molar-refractivity contribution in [1.82, 2.24) is 19.5 Å². The number of ether oxygens (including phenoxy) is 1. The molecule has 0 aliphatic rings. The highest BCUT2D eigenvalue weighted by molar-refractivity contribution is 6.09. The van der Waals surface area contributed by atoms with Gasteiger partial charge in [-0.1, -0.05) is 6.58 Å². The number of esters is 1. The van der Waals surface area contributed by atoms with Crippen LogP contribution in [0.4, 0.5) is 5.69 Å². The van der Waals surface area contributed by atoms with Crippen molar-refractivity contribution in [1.29, 1.82) is 0 Å². The van der Waals surface area contributed by atoms with E-state index in [9.17, 15) is 14.4 Å². The van der Waals surface area contributed by atoms with Crippen molar-refractivity contribution in [2.75, 3.05) is 11.9 Å². The van der Waals surface area contributed by atoms with Crippen LogP contribution < -0.4 is 10.9 Å². The van der Waals surface area contributed by atoms with Crippen molar-refractivity contribution in [3.8, 4) is 11.3 Å². The SMILES string of the molecule is C=C(C)C(=O)Nc1cc(-c2ncnc3[nH]c(C)c(C(=O)OCC)c23)cn(C)c1=O. The number of pyridine rings is 1. The molecule has 1 amide bonds. The number of aryl methyl sites for hydroxylation is 2. The van der Waals surface area contributed by atoms with Gasteiger partial charge in [-0.2, -0.15) is 0 Å². The van der Waals surface area contributed by atoms with Crippen LogP contribution in [0.2, 0.25) is 0 Å². The molecule has 3 heterocycles. The molecule has 0 aromatic carbocycles. The van der Waals surface area contributed by atoms with Crippen LogP contribution in [0.25, 0.3) is 22.3 Å². The summed E-state index contributed by atoms with van der Waals surface area (Å²) in [6.45, 7) is 8.83. The molecule has 0 unspecified atom stereocenters. The second-order valence-corrected chi connectivity index (χ2v) is 6.58. The van der Waals surface area contributed by atoms with Gasteiger partial charge in [0.1, 0.15) is 17.7 Å². The predicted octanol–water partition coefficient (Wildman–Crippen LogP) is 2.32. The van der Waals surface area contributed by atoms with Gasteiger partial charge in [-0.05, 0) is 26.8 Å². The second kappa shape index (κ2) is 7.70. The van der Waals surface area contributed by atoms with E-state index in [1.54, 1.807) is 34.0 Å². The van der Waals surface area contributed by atoms with Crippen LogP contribution in [0.1, 0.15) is 29.9 Å². The number of aromatic amines is 1. The smallest absolute Gasteiger partial charge is 0.340 e. The maximum Gasteiger partial charge on any atom is 0.340 e. The van der Waals surface area contributed by atoms with E-state index in [1.165, 1.54) is 17.0 Å².